The molecule has 0 radical (unpaired) electrons. The van der Waals surface area contributed by atoms with Crippen LogP contribution in [0.5, 0.6) is 0 Å². The highest BCUT2D eigenvalue weighted by atomic mass is 79.9. The van der Waals surface area contributed by atoms with Crippen LogP contribution < -0.4 is 0 Å². The van der Waals surface area contributed by atoms with Crippen LogP contribution in [0.1, 0.15) is 58.3 Å². The summed E-state index contributed by atoms with van der Waals surface area (Å²) in [6.07, 6.45) is 10.4. The highest BCUT2D eigenvalue weighted by Crippen LogP contribution is 2.61. The van der Waals surface area contributed by atoms with Gasteiger partial charge in [0.25, 0.3) is 0 Å². The van der Waals surface area contributed by atoms with Gasteiger partial charge in [0.2, 0.25) is 5.91 Å². The van der Waals surface area contributed by atoms with E-state index in [0.717, 1.165) is 49.0 Å². The van der Waals surface area contributed by atoms with E-state index in [1.165, 1.54) is 38.5 Å². The van der Waals surface area contributed by atoms with E-state index in [4.69, 9.17) is 0 Å². The maximum Gasteiger partial charge on any atom is 0.223 e. The van der Waals surface area contributed by atoms with Gasteiger partial charge in [0, 0.05) is 24.8 Å². The van der Waals surface area contributed by atoms with Crippen molar-refractivity contribution in [2.24, 2.45) is 23.2 Å². The monoisotopic (exact) mass is 341 g/mol. The van der Waals surface area contributed by atoms with Gasteiger partial charge >= 0.3 is 0 Å². The van der Waals surface area contributed by atoms with Crippen LogP contribution in [0.25, 0.3) is 0 Å². The average molecular weight is 342 g/mol. The highest BCUT2D eigenvalue weighted by Gasteiger charge is 2.51. The van der Waals surface area contributed by atoms with Crippen LogP contribution in [0.4, 0.5) is 0 Å². The first-order valence-electron chi connectivity index (χ1n) is 8.48. The van der Waals surface area contributed by atoms with Gasteiger partial charge in [0.1, 0.15) is 0 Å². The molecule has 0 aliphatic heterocycles. The normalized spacial score (nSPS) is 38.2. The lowest BCUT2D eigenvalue weighted by molar-refractivity contribution is -0.139. The summed E-state index contributed by atoms with van der Waals surface area (Å²) in [6, 6.07) is 0. The Morgan fingerprint density at radius 2 is 1.70 bits per heavy atom. The van der Waals surface area contributed by atoms with E-state index in [1.54, 1.807) is 0 Å². The molecule has 4 aliphatic rings. The number of rotatable bonds is 6. The van der Waals surface area contributed by atoms with E-state index in [1.807, 2.05) is 0 Å². The fourth-order valence-electron chi connectivity index (χ4n) is 5.65. The minimum Gasteiger partial charge on any atom is -0.343 e. The van der Waals surface area contributed by atoms with Crippen molar-refractivity contribution < 1.29 is 4.79 Å². The quantitative estimate of drug-likeness (QED) is 0.662. The summed E-state index contributed by atoms with van der Waals surface area (Å²) in [4.78, 5) is 14.8. The molecule has 0 heterocycles. The molecule has 114 valence electrons. The first kappa shape index (κ1) is 14.9. The van der Waals surface area contributed by atoms with Crippen LogP contribution in [-0.4, -0.2) is 29.2 Å². The van der Waals surface area contributed by atoms with Crippen LogP contribution in [-0.2, 0) is 4.79 Å². The predicted molar refractivity (Wildman–Crippen MR) is 85.9 cm³/mol. The molecule has 3 heteroatoms. The van der Waals surface area contributed by atoms with Crippen molar-refractivity contribution in [1.29, 1.82) is 0 Å². The molecule has 0 aromatic rings. The van der Waals surface area contributed by atoms with Gasteiger partial charge < -0.3 is 4.90 Å². The van der Waals surface area contributed by atoms with Crippen LogP contribution in [0.3, 0.4) is 0 Å². The fourth-order valence-corrected chi connectivity index (χ4v) is 5.90. The zero-order valence-corrected chi connectivity index (χ0v) is 14.3. The molecule has 0 N–H and O–H groups in total. The summed E-state index contributed by atoms with van der Waals surface area (Å²) in [5.41, 5.74) is 0.396. The summed E-state index contributed by atoms with van der Waals surface area (Å²) in [6.45, 7) is 3.91. The molecule has 0 atom stereocenters. The van der Waals surface area contributed by atoms with Crippen molar-refractivity contribution in [3.63, 3.8) is 0 Å². The largest absolute Gasteiger partial charge is 0.343 e. The molecule has 20 heavy (non-hydrogen) atoms. The van der Waals surface area contributed by atoms with E-state index in [0.29, 0.717) is 11.3 Å². The van der Waals surface area contributed by atoms with Crippen molar-refractivity contribution in [1.82, 2.24) is 4.90 Å². The Morgan fingerprint density at radius 1 is 1.15 bits per heavy atom. The van der Waals surface area contributed by atoms with Crippen molar-refractivity contribution in [2.75, 3.05) is 18.4 Å². The SMILES string of the molecule is CCN(CCCBr)C(=O)CC12CC3CC(CC(C3)C1)C2. The Balaban J connectivity index is 1.63. The molecule has 1 amide bonds. The first-order chi connectivity index (χ1) is 9.64. The van der Waals surface area contributed by atoms with Gasteiger partial charge in [0.15, 0.2) is 0 Å². The van der Waals surface area contributed by atoms with Crippen LogP contribution >= 0.6 is 15.9 Å². The second kappa shape index (κ2) is 5.98. The van der Waals surface area contributed by atoms with Crippen molar-refractivity contribution in [3.8, 4) is 0 Å². The summed E-state index contributed by atoms with van der Waals surface area (Å²) < 4.78 is 0. The average Bonchev–Trinajstić information content (AvgIpc) is 2.37. The molecule has 2 nitrogen and oxygen atoms in total. The standard InChI is InChI=1S/C17H28BrNO/c1-2-19(5-3-4-18)16(20)12-17-9-13-6-14(10-17)8-15(7-13)11-17/h13-15H,2-12H2,1H3. The van der Waals surface area contributed by atoms with E-state index in [9.17, 15) is 4.79 Å². The zero-order valence-electron chi connectivity index (χ0n) is 12.7. The third-order valence-electron chi connectivity index (χ3n) is 5.99. The van der Waals surface area contributed by atoms with E-state index in [-0.39, 0.29) is 0 Å². The van der Waals surface area contributed by atoms with Gasteiger partial charge in [-0.1, -0.05) is 15.9 Å². The summed E-state index contributed by atoms with van der Waals surface area (Å²) >= 11 is 3.47. The summed E-state index contributed by atoms with van der Waals surface area (Å²) in [7, 11) is 0. The lowest BCUT2D eigenvalue weighted by Gasteiger charge is -2.57. The van der Waals surface area contributed by atoms with Gasteiger partial charge in [0.05, 0.1) is 0 Å². The Labute approximate surface area is 131 Å². The molecule has 0 aromatic carbocycles. The smallest absolute Gasteiger partial charge is 0.223 e. The minimum absolute atomic E-state index is 0.396. The Kier molecular flexibility index (Phi) is 4.45. The van der Waals surface area contributed by atoms with Crippen molar-refractivity contribution >= 4 is 21.8 Å². The second-order valence-corrected chi connectivity index (χ2v) is 8.40. The molecule has 0 spiro atoms. The number of hydrogen-bond acceptors (Lipinski definition) is 1. The lowest BCUT2D eigenvalue weighted by atomic mass is 9.49. The molecule has 4 fully saturated rings. The maximum atomic E-state index is 12.7. The van der Waals surface area contributed by atoms with Gasteiger partial charge in [-0.05, 0) is 75.0 Å². The van der Waals surface area contributed by atoms with Crippen LogP contribution in [0, 0.1) is 23.2 Å². The fraction of sp³-hybridized carbons (Fsp3) is 0.941. The topological polar surface area (TPSA) is 20.3 Å². The zero-order chi connectivity index (χ0) is 14.2. The number of alkyl halides is 1. The van der Waals surface area contributed by atoms with E-state index in [2.05, 4.69) is 27.8 Å². The molecule has 4 saturated carbocycles. The first-order valence-corrected chi connectivity index (χ1v) is 9.60. The second-order valence-electron chi connectivity index (χ2n) is 7.61. The van der Waals surface area contributed by atoms with Crippen LogP contribution in [0.2, 0.25) is 0 Å². The third kappa shape index (κ3) is 2.93. The lowest BCUT2D eigenvalue weighted by Crippen LogP contribution is -2.48. The van der Waals surface area contributed by atoms with Gasteiger partial charge in [-0.3, -0.25) is 4.79 Å². The summed E-state index contributed by atoms with van der Waals surface area (Å²) in [5, 5.41) is 0.994. The number of nitrogens with zero attached hydrogens (tertiary/aromatic N) is 1. The van der Waals surface area contributed by atoms with E-state index >= 15 is 0 Å². The number of hydrogen-bond donors (Lipinski definition) is 0. The molecular formula is C17H28BrNO. The molecule has 0 aromatic heterocycles. The molecule has 4 rings (SSSR count). The van der Waals surface area contributed by atoms with E-state index < -0.39 is 0 Å². The summed E-state index contributed by atoms with van der Waals surface area (Å²) in [5.74, 6) is 3.28. The van der Waals surface area contributed by atoms with Crippen molar-refractivity contribution in [3.05, 3.63) is 0 Å². The maximum absolute atomic E-state index is 12.7. The molecular weight excluding hydrogens is 314 g/mol. The number of amides is 1. The highest BCUT2D eigenvalue weighted by molar-refractivity contribution is 9.09. The number of carbonyl (C=O) groups is 1. The Hall–Kier alpha value is -0.0500. The van der Waals surface area contributed by atoms with Gasteiger partial charge in [-0.25, -0.2) is 0 Å². The number of halogens is 1. The predicted octanol–water partition coefficient (Wildman–Crippen LogP) is 4.23. The van der Waals surface area contributed by atoms with Gasteiger partial charge in [-0.15, -0.1) is 0 Å². The van der Waals surface area contributed by atoms with Crippen LogP contribution in [0.15, 0.2) is 0 Å². The third-order valence-corrected chi connectivity index (χ3v) is 6.55. The van der Waals surface area contributed by atoms with Crippen molar-refractivity contribution in [2.45, 2.75) is 58.3 Å². The Bertz CT molecular complexity index is 333. The molecule has 0 saturated heterocycles. The molecule has 0 unspecified atom stereocenters. The molecule has 4 bridgehead atoms. The van der Waals surface area contributed by atoms with Gasteiger partial charge in [-0.2, -0.15) is 0 Å². The molecule has 4 aliphatic carbocycles. The number of carbonyl (C=O) groups excluding carboxylic acids is 1. The minimum atomic E-state index is 0.396. The Morgan fingerprint density at radius 3 is 2.15 bits per heavy atom.